The molecular formula is C13H10BrClF2N2O. The van der Waals surface area contributed by atoms with E-state index in [-0.39, 0.29) is 12.3 Å². The average molecular weight is 364 g/mol. The molecule has 0 aliphatic heterocycles. The van der Waals surface area contributed by atoms with Gasteiger partial charge in [0.05, 0.1) is 5.69 Å². The van der Waals surface area contributed by atoms with E-state index in [9.17, 15) is 8.78 Å². The van der Waals surface area contributed by atoms with Crippen molar-refractivity contribution in [2.75, 3.05) is 5.32 Å². The Kier molecular flexibility index (Phi) is 5.14. The SMILES string of the molecule is FC(F)Oc1ccc(Cl)cc1CNc1cccnc1Br. The van der Waals surface area contributed by atoms with Gasteiger partial charge in [-0.25, -0.2) is 4.98 Å². The third-order valence-electron chi connectivity index (χ3n) is 2.47. The van der Waals surface area contributed by atoms with Crippen LogP contribution in [0.25, 0.3) is 0 Å². The highest BCUT2D eigenvalue weighted by atomic mass is 79.9. The lowest BCUT2D eigenvalue weighted by Crippen LogP contribution is -2.07. The molecule has 106 valence electrons. The maximum Gasteiger partial charge on any atom is 0.387 e. The van der Waals surface area contributed by atoms with Gasteiger partial charge >= 0.3 is 6.61 Å². The van der Waals surface area contributed by atoms with Crippen LogP contribution in [0.15, 0.2) is 41.1 Å². The van der Waals surface area contributed by atoms with Gasteiger partial charge in [-0.3, -0.25) is 0 Å². The fourth-order valence-electron chi connectivity index (χ4n) is 1.61. The Morgan fingerprint density at radius 1 is 1.35 bits per heavy atom. The van der Waals surface area contributed by atoms with Gasteiger partial charge < -0.3 is 10.1 Å². The van der Waals surface area contributed by atoms with Gasteiger partial charge in [0, 0.05) is 23.3 Å². The summed E-state index contributed by atoms with van der Waals surface area (Å²) in [6, 6.07) is 8.08. The summed E-state index contributed by atoms with van der Waals surface area (Å²) in [4.78, 5) is 4.06. The van der Waals surface area contributed by atoms with Crippen molar-refractivity contribution < 1.29 is 13.5 Å². The van der Waals surface area contributed by atoms with Gasteiger partial charge in [-0.15, -0.1) is 0 Å². The van der Waals surface area contributed by atoms with E-state index >= 15 is 0 Å². The van der Waals surface area contributed by atoms with Crippen LogP contribution >= 0.6 is 27.5 Å². The molecule has 0 fully saturated rings. The molecule has 0 unspecified atom stereocenters. The molecule has 3 nitrogen and oxygen atoms in total. The Labute approximate surface area is 128 Å². The largest absolute Gasteiger partial charge is 0.434 e. The lowest BCUT2D eigenvalue weighted by atomic mass is 10.2. The number of nitrogens with zero attached hydrogens (tertiary/aromatic N) is 1. The van der Waals surface area contributed by atoms with E-state index < -0.39 is 6.61 Å². The summed E-state index contributed by atoms with van der Waals surface area (Å²) in [5, 5.41) is 3.53. The number of ether oxygens (including phenoxy) is 1. The quantitative estimate of drug-likeness (QED) is 0.781. The minimum absolute atomic E-state index is 0.0944. The monoisotopic (exact) mass is 362 g/mol. The zero-order valence-corrected chi connectivity index (χ0v) is 12.5. The second-order valence-corrected chi connectivity index (χ2v) is 5.01. The Morgan fingerprint density at radius 2 is 2.15 bits per heavy atom. The summed E-state index contributed by atoms with van der Waals surface area (Å²) in [5.41, 5.74) is 1.28. The van der Waals surface area contributed by atoms with Gasteiger partial charge in [0.1, 0.15) is 10.4 Å². The number of hydrogen-bond donors (Lipinski definition) is 1. The van der Waals surface area contributed by atoms with Gasteiger partial charge in [-0.05, 0) is 46.3 Å². The van der Waals surface area contributed by atoms with E-state index in [1.54, 1.807) is 18.3 Å². The molecule has 1 aromatic heterocycles. The van der Waals surface area contributed by atoms with Crippen LogP contribution in [0.5, 0.6) is 5.75 Å². The van der Waals surface area contributed by atoms with E-state index in [2.05, 4.69) is 31.0 Å². The first-order chi connectivity index (χ1) is 9.56. The van der Waals surface area contributed by atoms with E-state index in [1.807, 2.05) is 6.07 Å². The van der Waals surface area contributed by atoms with Crippen LogP contribution in [-0.2, 0) is 6.54 Å². The van der Waals surface area contributed by atoms with Gasteiger partial charge in [0.15, 0.2) is 0 Å². The Balaban J connectivity index is 2.16. The Morgan fingerprint density at radius 3 is 2.85 bits per heavy atom. The number of benzene rings is 1. The van der Waals surface area contributed by atoms with Crippen LogP contribution in [-0.4, -0.2) is 11.6 Å². The molecule has 2 rings (SSSR count). The van der Waals surface area contributed by atoms with E-state index in [1.165, 1.54) is 12.1 Å². The molecule has 0 saturated carbocycles. The van der Waals surface area contributed by atoms with E-state index in [4.69, 9.17) is 11.6 Å². The van der Waals surface area contributed by atoms with Crippen molar-refractivity contribution in [3.8, 4) is 5.75 Å². The molecule has 0 amide bonds. The first-order valence-electron chi connectivity index (χ1n) is 5.64. The molecule has 0 atom stereocenters. The second kappa shape index (κ2) is 6.85. The van der Waals surface area contributed by atoms with E-state index in [0.29, 0.717) is 15.2 Å². The van der Waals surface area contributed by atoms with Crippen LogP contribution in [0, 0.1) is 0 Å². The summed E-state index contributed by atoms with van der Waals surface area (Å²) in [6.45, 7) is -2.59. The molecule has 0 aliphatic rings. The van der Waals surface area contributed by atoms with Crippen molar-refractivity contribution in [2.45, 2.75) is 13.2 Å². The molecule has 0 bridgehead atoms. The molecular weight excluding hydrogens is 354 g/mol. The summed E-state index contributed by atoms with van der Waals surface area (Å²) in [6.07, 6.45) is 1.64. The highest BCUT2D eigenvalue weighted by Crippen LogP contribution is 2.26. The van der Waals surface area contributed by atoms with Gasteiger partial charge in [-0.2, -0.15) is 8.78 Å². The Bertz CT molecular complexity index is 598. The molecule has 7 heteroatoms. The van der Waals surface area contributed by atoms with Crippen molar-refractivity contribution in [1.29, 1.82) is 0 Å². The van der Waals surface area contributed by atoms with Crippen LogP contribution in [0.4, 0.5) is 14.5 Å². The number of nitrogens with one attached hydrogen (secondary N) is 1. The van der Waals surface area contributed by atoms with Crippen molar-refractivity contribution >= 4 is 33.2 Å². The van der Waals surface area contributed by atoms with Crippen LogP contribution < -0.4 is 10.1 Å². The molecule has 0 aliphatic carbocycles. The molecule has 2 aromatic rings. The Hall–Kier alpha value is -1.40. The predicted octanol–water partition coefficient (Wildman–Crippen LogP) is 4.71. The van der Waals surface area contributed by atoms with Crippen molar-refractivity contribution in [2.24, 2.45) is 0 Å². The standard InChI is InChI=1S/C13H10BrClF2N2O/c14-12-10(2-1-5-18-12)19-7-8-6-9(15)3-4-11(8)20-13(16)17/h1-6,13,19H,7H2. The molecule has 1 N–H and O–H groups in total. The number of pyridine rings is 1. The summed E-state index contributed by atoms with van der Waals surface area (Å²) >= 11 is 9.17. The third kappa shape index (κ3) is 4.05. The zero-order chi connectivity index (χ0) is 14.5. The number of hydrogen-bond acceptors (Lipinski definition) is 3. The predicted molar refractivity (Wildman–Crippen MR) is 77.3 cm³/mol. The maximum atomic E-state index is 12.3. The van der Waals surface area contributed by atoms with Crippen molar-refractivity contribution in [3.05, 3.63) is 51.7 Å². The van der Waals surface area contributed by atoms with E-state index in [0.717, 1.165) is 5.69 Å². The van der Waals surface area contributed by atoms with Gasteiger partial charge in [0.25, 0.3) is 0 Å². The lowest BCUT2D eigenvalue weighted by Gasteiger charge is -2.13. The maximum absolute atomic E-state index is 12.3. The van der Waals surface area contributed by atoms with Gasteiger partial charge in [0.2, 0.25) is 0 Å². The molecule has 0 radical (unpaired) electrons. The smallest absolute Gasteiger partial charge is 0.387 e. The highest BCUT2D eigenvalue weighted by Gasteiger charge is 2.10. The number of rotatable bonds is 5. The first-order valence-corrected chi connectivity index (χ1v) is 6.81. The second-order valence-electron chi connectivity index (χ2n) is 3.83. The number of aromatic nitrogens is 1. The molecule has 20 heavy (non-hydrogen) atoms. The first kappa shape index (κ1) is 15.0. The molecule has 0 saturated heterocycles. The van der Waals surface area contributed by atoms with Crippen molar-refractivity contribution in [3.63, 3.8) is 0 Å². The summed E-state index contributed by atoms with van der Waals surface area (Å²) in [5.74, 6) is 0.0944. The summed E-state index contributed by atoms with van der Waals surface area (Å²) < 4.78 is 29.8. The molecule has 1 aromatic carbocycles. The minimum Gasteiger partial charge on any atom is -0.434 e. The fraction of sp³-hybridized carbons (Fsp3) is 0.154. The van der Waals surface area contributed by atoms with Gasteiger partial charge in [-0.1, -0.05) is 11.6 Å². The number of halogens is 4. The summed E-state index contributed by atoms with van der Waals surface area (Å²) in [7, 11) is 0. The van der Waals surface area contributed by atoms with Crippen LogP contribution in [0.1, 0.15) is 5.56 Å². The van der Waals surface area contributed by atoms with Crippen LogP contribution in [0.3, 0.4) is 0 Å². The normalized spacial score (nSPS) is 10.7. The zero-order valence-electron chi connectivity index (χ0n) is 10.1. The minimum atomic E-state index is -2.87. The average Bonchev–Trinajstić information content (AvgIpc) is 2.40. The molecule has 1 heterocycles. The molecule has 0 spiro atoms. The number of anilines is 1. The van der Waals surface area contributed by atoms with Crippen LogP contribution in [0.2, 0.25) is 5.02 Å². The van der Waals surface area contributed by atoms with Crippen molar-refractivity contribution in [1.82, 2.24) is 4.98 Å². The topological polar surface area (TPSA) is 34.1 Å². The third-order valence-corrected chi connectivity index (χ3v) is 3.33. The lowest BCUT2D eigenvalue weighted by molar-refractivity contribution is -0.0504. The number of alkyl halides is 2. The fourth-order valence-corrected chi connectivity index (χ4v) is 2.19. The highest BCUT2D eigenvalue weighted by molar-refractivity contribution is 9.10.